The Kier molecular flexibility index (Phi) is 6.15. The van der Waals surface area contributed by atoms with Gasteiger partial charge in [-0.1, -0.05) is 11.6 Å². The Balaban J connectivity index is 2.27. The molecule has 88 valence electrons. The van der Waals surface area contributed by atoms with Gasteiger partial charge in [0.25, 0.3) is 5.91 Å². The van der Waals surface area contributed by atoms with Crippen LogP contribution in [-0.4, -0.2) is 36.5 Å². The Morgan fingerprint density at radius 2 is 2.25 bits per heavy atom. The van der Waals surface area contributed by atoms with Gasteiger partial charge in [0, 0.05) is 18.6 Å². The van der Waals surface area contributed by atoms with E-state index in [1.165, 1.54) is 6.20 Å². The first-order valence-corrected chi connectivity index (χ1v) is 5.68. The molecule has 0 aliphatic heterocycles. The van der Waals surface area contributed by atoms with Crippen LogP contribution >= 0.6 is 23.2 Å². The number of alkyl halides is 1. The van der Waals surface area contributed by atoms with E-state index in [1.807, 2.05) is 0 Å². The van der Waals surface area contributed by atoms with Gasteiger partial charge in [-0.15, -0.1) is 11.6 Å². The number of nitrogens with zero attached hydrogens (tertiary/aromatic N) is 1. The van der Waals surface area contributed by atoms with Crippen LogP contribution in [0.5, 0.6) is 0 Å². The van der Waals surface area contributed by atoms with Gasteiger partial charge in [-0.2, -0.15) is 0 Å². The molecule has 0 saturated carbocycles. The Bertz CT molecular complexity index is 330. The maximum atomic E-state index is 11.5. The summed E-state index contributed by atoms with van der Waals surface area (Å²) in [6.45, 7) is 1.35. The van der Waals surface area contributed by atoms with Crippen molar-refractivity contribution in [3.8, 4) is 0 Å². The first-order valence-electron chi connectivity index (χ1n) is 4.77. The highest BCUT2D eigenvalue weighted by atomic mass is 35.5. The van der Waals surface area contributed by atoms with Crippen LogP contribution in [0.4, 0.5) is 0 Å². The van der Waals surface area contributed by atoms with E-state index in [4.69, 9.17) is 27.9 Å². The molecule has 0 aliphatic carbocycles. The second-order valence-electron chi connectivity index (χ2n) is 2.92. The number of hydrogen-bond acceptors (Lipinski definition) is 3. The monoisotopic (exact) mass is 262 g/mol. The van der Waals surface area contributed by atoms with Crippen molar-refractivity contribution in [1.29, 1.82) is 0 Å². The molecule has 4 nitrogen and oxygen atoms in total. The molecule has 0 fully saturated rings. The molecule has 0 unspecified atom stereocenters. The van der Waals surface area contributed by atoms with Crippen molar-refractivity contribution < 1.29 is 9.53 Å². The van der Waals surface area contributed by atoms with Gasteiger partial charge in [0.2, 0.25) is 0 Å². The minimum Gasteiger partial charge on any atom is -0.378 e. The van der Waals surface area contributed by atoms with Gasteiger partial charge < -0.3 is 10.1 Å². The van der Waals surface area contributed by atoms with Crippen LogP contribution in [-0.2, 0) is 4.74 Å². The van der Waals surface area contributed by atoms with E-state index >= 15 is 0 Å². The molecule has 0 bridgehead atoms. The fourth-order valence-electron chi connectivity index (χ4n) is 0.994. The largest absolute Gasteiger partial charge is 0.378 e. The summed E-state index contributed by atoms with van der Waals surface area (Å²) in [4.78, 5) is 15.4. The smallest absolute Gasteiger partial charge is 0.269 e. The normalized spacial score (nSPS) is 10.1. The number of carbonyl (C=O) groups excluding carboxylic acids is 1. The zero-order valence-electron chi connectivity index (χ0n) is 8.58. The average Bonchev–Trinajstić information content (AvgIpc) is 2.29. The maximum Gasteiger partial charge on any atom is 0.269 e. The van der Waals surface area contributed by atoms with Crippen molar-refractivity contribution in [3.63, 3.8) is 0 Å². The van der Waals surface area contributed by atoms with Crippen LogP contribution in [0.15, 0.2) is 18.3 Å². The van der Waals surface area contributed by atoms with E-state index in [2.05, 4.69) is 10.3 Å². The lowest BCUT2D eigenvalue weighted by atomic mass is 10.3. The maximum absolute atomic E-state index is 11.5. The lowest BCUT2D eigenvalue weighted by Gasteiger charge is -2.04. The van der Waals surface area contributed by atoms with Crippen LogP contribution in [0.3, 0.4) is 0 Å². The number of hydrogen-bond donors (Lipinski definition) is 1. The van der Waals surface area contributed by atoms with Gasteiger partial charge in [0.1, 0.15) is 5.69 Å². The van der Waals surface area contributed by atoms with Gasteiger partial charge in [-0.25, -0.2) is 4.98 Å². The number of carbonyl (C=O) groups is 1. The van der Waals surface area contributed by atoms with E-state index in [-0.39, 0.29) is 5.91 Å². The highest BCUT2D eigenvalue weighted by Gasteiger charge is 2.05. The third kappa shape index (κ3) is 4.79. The first kappa shape index (κ1) is 13.2. The Hall–Kier alpha value is -0.840. The van der Waals surface area contributed by atoms with Crippen molar-refractivity contribution in [2.75, 3.05) is 25.6 Å². The van der Waals surface area contributed by atoms with Crippen LogP contribution in [0.25, 0.3) is 0 Å². The Labute approximate surface area is 104 Å². The van der Waals surface area contributed by atoms with Crippen LogP contribution in [0, 0.1) is 0 Å². The molecule has 1 aromatic rings. The van der Waals surface area contributed by atoms with Gasteiger partial charge in [0.15, 0.2) is 0 Å². The fourth-order valence-corrected chi connectivity index (χ4v) is 1.21. The summed E-state index contributed by atoms with van der Waals surface area (Å²) < 4.78 is 5.10. The van der Waals surface area contributed by atoms with E-state index in [0.29, 0.717) is 36.4 Å². The Morgan fingerprint density at radius 1 is 1.44 bits per heavy atom. The molecule has 1 N–H and O–H groups in total. The van der Waals surface area contributed by atoms with E-state index in [0.717, 1.165) is 0 Å². The number of amides is 1. The third-order valence-electron chi connectivity index (χ3n) is 1.71. The number of pyridine rings is 1. The average molecular weight is 263 g/mol. The zero-order chi connectivity index (χ0) is 11.8. The molecule has 1 aromatic heterocycles. The molecule has 0 spiro atoms. The molecular weight excluding hydrogens is 251 g/mol. The second kappa shape index (κ2) is 7.44. The third-order valence-corrected chi connectivity index (χ3v) is 2.09. The van der Waals surface area contributed by atoms with Crippen molar-refractivity contribution >= 4 is 29.1 Å². The zero-order valence-corrected chi connectivity index (χ0v) is 10.1. The fraction of sp³-hybridized carbons (Fsp3) is 0.400. The number of halogens is 2. The topological polar surface area (TPSA) is 51.2 Å². The molecule has 0 radical (unpaired) electrons. The van der Waals surface area contributed by atoms with E-state index in [1.54, 1.807) is 12.1 Å². The minimum absolute atomic E-state index is 0.244. The van der Waals surface area contributed by atoms with Gasteiger partial charge in [-0.05, 0) is 12.1 Å². The molecule has 0 atom stereocenters. The van der Waals surface area contributed by atoms with Crippen LogP contribution < -0.4 is 5.32 Å². The lowest BCUT2D eigenvalue weighted by molar-refractivity contribution is 0.0918. The predicted molar refractivity (Wildman–Crippen MR) is 63.1 cm³/mol. The predicted octanol–water partition coefficient (Wildman–Crippen LogP) is 1.72. The van der Waals surface area contributed by atoms with Crippen molar-refractivity contribution in [3.05, 3.63) is 29.0 Å². The molecule has 0 aliphatic rings. The highest BCUT2D eigenvalue weighted by molar-refractivity contribution is 6.30. The second-order valence-corrected chi connectivity index (χ2v) is 3.73. The number of rotatable bonds is 6. The van der Waals surface area contributed by atoms with Gasteiger partial charge >= 0.3 is 0 Å². The molecule has 6 heteroatoms. The minimum atomic E-state index is -0.244. The van der Waals surface area contributed by atoms with Crippen LogP contribution in [0.1, 0.15) is 10.5 Å². The molecule has 1 amide bonds. The Morgan fingerprint density at radius 3 is 2.88 bits per heavy atom. The summed E-state index contributed by atoms with van der Waals surface area (Å²) in [6.07, 6.45) is 1.43. The van der Waals surface area contributed by atoms with Gasteiger partial charge in [-0.3, -0.25) is 4.79 Å². The van der Waals surface area contributed by atoms with Crippen molar-refractivity contribution in [1.82, 2.24) is 10.3 Å². The van der Waals surface area contributed by atoms with E-state index in [9.17, 15) is 4.79 Å². The summed E-state index contributed by atoms with van der Waals surface area (Å²) in [7, 11) is 0. The summed E-state index contributed by atoms with van der Waals surface area (Å²) in [5.74, 6) is 0.207. The van der Waals surface area contributed by atoms with Crippen molar-refractivity contribution in [2.24, 2.45) is 0 Å². The molecule has 16 heavy (non-hydrogen) atoms. The SMILES string of the molecule is O=C(NCCOCCCl)c1ccc(Cl)cn1. The quantitative estimate of drug-likeness (QED) is 0.628. The van der Waals surface area contributed by atoms with Crippen LogP contribution in [0.2, 0.25) is 5.02 Å². The molecule has 1 heterocycles. The summed E-state index contributed by atoms with van der Waals surface area (Å²) in [6, 6.07) is 3.19. The number of ether oxygens (including phenoxy) is 1. The molecule has 0 aromatic carbocycles. The standard InChI is InChI=1S/C10H12Cl2N2O2/c11-3-5-16-6-4-13-10(15)9-2-1-8(12)7-14-9/h1-2,7H,3-6H2,(H,13,15). The summed E-state index contributed by atoms with van der Waals surface area (Å²) >= 11 is 11.1. The number of aromatic nitrogens is 1. The number of nitrogens with one attached hydrogen (secondary N) is 1. The van der Waals surface area contributed by atoms with Crippen molar-refractivity contribution in [2.45, 2.75) is 0 Å². The summed E-state index contributed by atoms with van der Waals surface area (Å²) in [5, 5.41) is 3.17. The highest BCUT2D eigenvalue weighted by Crippen LogP contribution is 2.05. The summed E-state index contributed by atoms with van der Waals surface area (Å²) in [5.41, 5.74) is 0.335. The van der Waals surface area contributed by atoms with E-state index < -0.39 is 0 Å². The molecular formula is C10H12Cl2N2O2. The van der Waals surface area contributed by atoms with Gasteiger partial charge in [0.05, 0.1) is 18.2 Å². The first-order chi connectivity index (χ1) is 7.74. The molecule has 0 saturated heterocycles. The molecule has 1 rings (SSSR count). The lowest BCUT2D eigenvalue weighted by Crippen LogP contribution is -2.28.